The number of nitrogens with zero attached hydrogens (tertiary/aromatic N) is 1. The molecular formula is C21H41NO5Si. The van der Waals surface area contributed by atoms with Crippen LogP contribution in [0.25, 0.3) is 0 Å². The van der Waals surface area contributed by atoms with E-state index in [9.17, 15) is 9.59 Å². The molecule has 0 bridgehead atoms. The molecule has 1 aliphatic rings. The quantitative estimate of drug-likeness (QED) is 0.549. The minimum Gasteiger partial charge on any atom is -0.517 e. The van der Waals surface area contributed by atoms with Crippen LogP contribution in [0.15, 0.2) is 0 Å². The second kappa shape index (κ2) is 9.61. The van der Waals surface area contributed by atoms with Gasteiger partial charge in [0.25, 0.3) is 8.32 Å². The fourth-order valence-electron chi connectivity index (χ4n) is 4.62. The largest absolute Gasteiger partial charge is 0.517 e. The summed E-state index contributed by atoms with van der Waals surface area (Å²) in [6.07, 6.45) is 0.0870. The SMILES string of the molecule is COCC1C[C@@H](C(=O)O[Si](C(C)C)(C(C)C)C(C)C)N(C(=O)OC(C)(C)C)C1. The van der Waals surface area contributed by atoms with Crippen LogP contribution in [0.1, 0.15) is 68.7 Å². The fraction of sp³-hybridized carbons (Fsp3) is 0.905. The lowest BCUT2D eigenvalue weighted by molar-refractivity contribution is -0.140. The van der Waals surface area contributed by atoms with E-state index >= 15 is 0 Å². The van der Waals surface area contributed by atoms with E-state index in [0.29, 0.717) is 36.2 Å². The molecule has 28 heavy (non-hydrogen) atoms. The molecule has 0 aromatic heterocycles. The van der Waals surface area contributed by atoms with E-state index in [-0.39, 0.29) is 11.9 Å². The van der Waals surface area contributed by atoms with Crippen LogP contribution in [0.5, 0.6) is 0 Å². The number of methoxy groups -OCH3 is 1. The summed E-state index contributed by atoms with van der Waals surface area (Å²) in [5, 5.41) is 0. The van der Waals surface area contributed by atoms with Gasteiger partial charge in [-0.15, -0.1) is 0 Å². The third-order valence-electron chi connectivity index (χ3n) is 5.67. The molecule has 7 heteroatoms. The lowest BCUT2D eigenvalue weighted by Crippen LogP contribution is -2.53. The second-order valence-corrected chi connectivity index (χ2v) is 15.3. The lowest BCUT2D eigenvalue weighted by atomic mass is 10.1. The molecule has 0 radical (unpaired) electrons. The highest BCUT2D eigenvalue weighted by atomic mass is 28.4. The topological polar surface area (TPSA) is 65.1 Å². The van der Waals surface area contributed by atoms with Crippen LogP contribution in [-0.4, -0.2) is 57.2 Å². The van der Waals surface area contributed by atoms with Gasteiger partial charge in [-0.2, -0.15) is 0 Å². The number of likely N-dealkylation sites (tertiary alicyclic amines) is 1. The van der Waals surface area contributed by atoms with Gasteiger partial charge in [-0.3, -0.25) is 9.69 Å². The van der Waals surface area contributed by atoms with E-state index in [1.807, 2.05) is 20.8 Å². The average molecular weight is 416 g/mol. The molecule has 0 aromatic carbocycles. The number of hydrogen-bond donors (Lipinski definition) is 0. The summed E-state index contributed by atoms with van der Waals surface area (Å²) in [5.74, 6) is -0.185. The summed E-state index contributed by atoms with van der Waals surface area (Å²) in [6.45, 7) is 19.3. The zero-order chi connectivity index (χ0) is 21.9. The van der Waals surface area contributed by atoms with Crippen LogP contribution in [0.3, 0.4) is 0 Å². The van der Waals surface area contributed by atoms with E-state index < -0.39 is 26.1 Å². The van der Waals surface area contributed by atoms with E-state index in [1.165, 1.54) is 4.90 Å². The molecule has 0 saturated carbocycles. The first-order valence-corrected chi connectivity index (χ1v) is 12.6. The first kappa shape index (κ1) is 25.0. The smallest absolute Gasteiger partial charge is 0.411 e. The lowest BCUT2D eigenvalue weighted by Gasteiger charge is -2.42. The Morgan fingerprint density at radius 1 is 1.04 bits per heavy atom. The van der Waals surface area contributed by atoms with Crippen LogP contribution >= 0.6 is 0 Å². The van der Waals surface area contributed by atoms with Crippen molar-refractivity contribution in [3.05, 3.63) is 0 Å². The molecular weight excluding hydrogens is 374 g/mol. The summed E-state index contributed by atoms with van der Waals surface area (Å²) in [6, 6.07) is -0.613. The number of carbonyl (C=O) groups excluding carboxylic acids is 2. The molecule has 0 aromatic rings. The Bertz CT molecular complexity index is 520. The standard InChI is InChI=1S/C21H41NO5Si/c1-14(2)28(15(3)4,16(5)6)27-19(23)18-11-17(13-25-10)12-22(18)20(24)26-21(7,8)9/h14-18H,11-13H2,1-10H3/t17?,18-/m0/s1. The van der Waals surface area contributed by atoms with Crippen molar-refractivity contribution in [2.75, 3.05) is 20.3 Å². The van der Waals surface area contributed by atoms with Crippen molar-refractivity contribution in [1.82, 2.24) is 4.90 Å². The molecule has 1 aliphatic heterocycles. The van der Waals surface area contributed by atoms with Gasteiger partial charge in [0.1, 0.15) is 11.6 Å². The Kier molecular flexibility index (Phi) is 8.57. The summed E-state index contributed by atoms with van der Waals surface area (Å²) in [4.78, 5) is 27.6. The van der Waals surface area contributed by atoms with Crippen LogP contribution in [0, 0.1) is 5.92 Å². The Morgan fingerprint density at radius 3 is 1.93 bits per heavy atom. The van der Waals surface area contributed by atoms with Crippen molar-refractivity contribution >= 4 is 20.4 Å². The summed E-state index contributed by atoms with van der Waals surface area (Å²) >= 11 is 0. The Labute approximate surface area is 172 Å². The van der Waals surface area contributed by atoms with Crippen LogP contribution in [0.4, 0.5) is 4.79 Å². The van der Waals surface area contributed by atoms with Gasteiger partial charge in [-0.25, -0.2) is 4.79 Å². The summed E-state index contributed by atoms with van der Waals surface area (Å²) < 4.78 is 17.2. The third kappa shape index (κ3) is 5.72. The second-order valence-electron chi connectivity index (χ2n) is 9.94. The van der Waals surface area contributed by atoms with Gasteiger partial charge in [0.05, 0.1) is 6.61 Å². The van der Waals surface area contributed by atoms with Crippen LogP contribution < -0.4 is 0 Å². The van der Waals surface area contributed by atoms with Gasteiger partial charge in [0, 0.05) is 19.6 Å². The van der Waals surface area contributed by atoms with Crippen molar-refractivity contribution in [3.63, 3.8) is 0 Å². The van der Waals surface area contributed by atoms with Gasteiger partial charge in [0.15, 0.2) is 0 Å². The monoisotopic (exact) mass is 415 g/mol. The highest BCUT2D eigenvalue weighted by Gasteiger charge is 2.51. The molecule has 6 nitrogen and oxygen atoms in total. The summed E-state index contributed by atoms with van der Waals surface area (Å²) in [5.41, 5.74) is 0.268. The minimum absolute atomic E-state index is 0.100. The molecule has 1 saturated heterocycles. The van der Waals surface area contributed by atoms with Crippen molar-refractivity contribution in [3.8, 4) is 0 Å². The fourth-order valence-corrected chi connectivity index (χ4v) is 9.81. The predicted molar refractivity (Wildman–Crippen MR) is 114 cm³/mol. The zero-order valence-corrected chi connectivity index (χ0v) is 20.5. The van der Waals surface area contributed by atoms with Gasteiger partial charge in [-0.1, -0.05) is 41.5 Å². The third-order valence-corrected chi connectivity index (χ3v) is 11.6. The number of rotatable bonds is 7. The molecule has 1 amide bonds. The predicted octanol–water partition coefficient (Wildman–Crippen LogP) is 4.98. The molecule has 0 spiro atoms. The van der Waals surface area contributed by atoms with Crippen molar-refractivity contribution in [2.45, 2.75) is 97.0 Å². The van der Waals surface area contributed by atoms with Crippen LogP contribution in [0.2, 0.25) is 16.6 Å². The average Bonchev–Trinajstić information content (AvgIpc) is 2.94. The Balaban J connectivity index is 3.13. The van der Waals surface area contributed by atoms with Crippen molar-refractivity contribution < 1.29 is 23.5 Å². The highest BCUT2D eigenvalue weighted by molar-refractivity contribution is 6.79. The van der Waals surface area contributed by atoms with E-state index in [1.54, 1.807) is 7.11 Å². The molecule has 1 rings (SSSR count). The maximum atomic E-state index is 13.3. The van der Waals surface area contributed by atoms with E-state index in [2.05, 4.69) is 41.5 Å². The molecule has 0 N–H and O–H groups in total. The van der Waals surface area contributed by atoms with Gasteiger partial charge < -0.3 is 13.9 Å². The van der Waals surface area contributed by atoms with Gasteiger partial charge >= 0.3 is 12.1 Å². The maximum absolute atomic E-state index is 13.3. The minimum atomic E-state index is -2.37. The first-order chi connectivity index (χ1) is 12.8. The number of amides is 1. The zero-order valence-electron chi connectivity index (χ0n) is 19.5. The number of ether oxygens (including phenoxy) is 2. The Morgan fingerprint density at radius 2 is 1.54 bits per heavy atom. The maximum Gasteiger partial charge on any atom is 0.411 e. The van der Waals surface area contributed by atoms with Crippen molar-refractivity contribution in [2.24, 2.45) is 5.92 Å². The molecule has 164 valence electrons. The van der Waals surface area contributed by atoms with Gasteiger partial charge in [-0.05, 0) is 43.8 Å². The number of hydrogen-bond acceptors (Lipinski definition) is 5. The molecule has 2 atom stereocenters. The molecule has 1 unspecified atom stereocenters. The van der Waals surface area contributed by atoms with E-state index in [4.69, 9.17) is 13.9 Å². The summed E-state index contributed by atoms with van der Waals surface area (Å²) in [7, 11) is -0.733. The molecule has 1 heterocycles. The highest BCUT2D eigenvalue weighted by Crippen LogP contribution is 2.43. The van der Waals surface area contributed by atoms with Crippen LogP contribution in [-0.2, 0) is 18.7 Å². The van der Waals surface area contributed by atoms with Gasteiger partial charge in [0.2, 0.25) is 0 Å². The van der Waals surface area contributed by atoms with Crippen molar-refractivity contribution in [1.29, 1.82) is 0 Å². The normalized spacial score (nSPS) is 21.0. The molecule has 1 fully saturated rings. The Hall–Kier alpha value is -1.08. The first-order valence-electron chi connectivity index (χ1n) is 10.5. The number of carbonyl (C=O) groups is 2. The molecule has 0 aliphatic carbocycles. The van der Waals surface area contributed by atoms with E-state index in [0.717, 1.165) is 0 Å².